The van der Waals surface area contributed by atoms with Crippen LogP contribution in [-0.4, -0.2) is 17.4 Å². The van der Waals surface area contributed by atoms with E-state index in [2.05, 4.69) is 6.07 Å². The number of carbonyl (C=O) groups is 1. The Hall–Kier alpha value is -2.23. The summed E-state index contributed by atoms with van der Waals surface area (Å²) < 4.78 is 5.96. The van der Waals surface area contributed by atoms with E-state index in [4.69, 9.17) is 10.2 Å². The standard InChI is InChI=1S/C17H18N2O2/c18-14-5-3-11(4-6-14)16-9-13-10-19(8-7-15(13)21-16)17(20)12-1-2-12/h3-6,9,12H,1-2,7-8,10,18H2. The largest absolute Gasteiger partial charge is 0.461 e. The van der Waals surface area contributed by atoms with E-state index in [1.807, 2.05) is 29.2 Å². The Balaban J connectivity index is 1.58. The lowest BCUT2D eigenvalue weighted by atomic mass is 10.1. The van der Waals surface area contributed by atoms with Crippen molar-refractivity contribution in [2.75, 3.05) is 12.3 Å². The maximum atomic E-state index is 12.2. The van der Waals surface area contributed by atoms with Gasteiger partial charge in [-0.25, -0.2) is 0 Å². The summed E-state index contributed by atoms with van der Waals surface area (Å²) in [5.41, 5.74) is 8.63. The molecule has 1 amide bonds. The van der Waals surface area contributed by atoms with Crippen LogP contribution < -0.4 is 5.73 Å². The number of carbonyl (C=O) groups excluding carboxylic acids is 1. The van der Waals surface area contributed by atoms with Gasteiger partial charge in [-0.2, -0.15) is 0 Å². The van der Waals surface area contributed by atoms with Crippen molar-refractivity contribution < 1.29 is 9.21 Å². The summed E-state index contributed by atoms with van der Waals surface area (Å²) in [7, 11) is 0. The number of fused-ring (bicyclic) bond motifs is 1. The van der Waals surface area contributed by atoms with Gasteiger partial charge >= 0.3 is 0 Å². The summed E-state index contributed by atoms with van der Waals surface area (Å²) >= 11 is 0. The van der Waals surface area contributed by atoms with Crippen molar-refractivity contribution in [3.05, 3.63) is 41.7 Å². The Kier molecular flexibility index (Phi) is 2.77. The molecule has 1 fully saturated rings. The molecule has 4 nitrogen and oxygen atoms in total. The smallest absolute Gasteiger partial charge is 0.225 e. The number of nitrogen functional groups attached to an aromatic ring is 1. The van der Waals surface area contributed by atoms with Gasteiger partial charge in [0.25, 0.3) is 0 Å². The normalized spacial score (nSPS) is 17.6. The van der Waals surface area contributed by atoms with Crippen molar-refractivity contribution in [1.29, 1.82) is 0 Å². The quantitative estimate of drug-likeness (QED) is 0.862. The average Bonchev–Trinajstić information content (AvgIpc) is 3.26. The van der Waals surface area contributed by atoms with E-state index >= 15 is 0 Å². The maximum absolute atomic E-state index is 12.2. The average molecular weight is 282 g/mol. The van der Waals surface area contributed by atoms with E-state index < -0.39 is 0 Å². The summed E-state index contributed by atoms with van der Waals surface area (Å²) in [5.74, 6) is 2.48. The van der Waals surface area contributed by atoms with Crippen molar-refractivity contribution in [2.45, 2.75) is 25.8 Å². The van der Waals surface area contributed by atoms with Gasteiger partial charge in [-0.15, -0.1) is 0 Å². The summed E-state index contributed by atoms with van der Waals surface area (Å²) in [4.78, 5) is 14.1. The number of nitrogens with zero attached hydrogens (tertiary/aromatic N) is 1. The van der Waals surface area contributed by atoms with E-state index in [9.17, 15) is 4.79 Å². The van der Waals surface area contributed by atoms with E-state index in [1.165, 1.54) is 0 Å². The van der Waals surface area contributed by atoms with Gasteiger partial charge in [-0.3, -0.25) is 4.79 Å². The van der Waals surface area contributed by atoms with Crippen molar-refractivity contribution in [3.63, 3.8) is 0 Å². The second-order valence-electron chi connectivity index (χ2n) is 5.97. The van der Waals surface area contributed by atoms with E-state index in [0.29, 0.717) is 12.5 Å². The third-order valence-corrected chi connectivity index (χ3v) is 4.30. The lowest BCUT2D eigenvalue weighted by Crippen LogP contribution is -2.36. The third-order valence-electron chi connectivity index (χ3n) is 4.30. The number of hydrogen-bond acceptors (Lipinski definition) is 3. The highest BCUT2D eigenvalue weighted by Crippen LogP contribution is 2.34. The molecule has 0 atom stereocenters. The molecule has 0 bridgehead atoms. The lowest BCUT2D eigenvalue weighted by Gasteiger charge is -2.26. The zero-order valence-electron chi connectivity index (χ0n) is 11.8. The van der Waals surface area contributed by atoms with E-state index in [0.717, 1.165) is 54.1 Å². The molecule has 2 aliphatic rings. The number of benzene rings is 1. The molecule has 2 heterocycles. The molecule has 4 heteroatoms. The van der Waals surface area contributed by atoms with Crippen LogP contribution in [0.1, 0.15) is 24.2 Å². The maximum Gasteiger partial charge on any atom is 0.225 e. The Morgan fingerprint density at radius 1 is 1.24 bits per heavy atom. The molecule has 0 spiro atoms. The third kappa shape index (κ3) is 2.31. The zero-order valence-corrected chi connectivity index (χ0v) is 11.8. The molecule has 108 valence electrons. The number of anilines is 1. The number of nitrogens with two attached hydrogens (primary N) is 1. The minimum atomic E-state index is 0.287. The summed E-state index contributed by atoms with van der Waals surface area (Å²) in [6.07, 6.45) is 2.93. The second kappa shape index (κ2) is 4.65. The lowest BCUT2D eigenvalue weighted by molar-refractivity contribution is -0.133. The Labute approximate surface area is 123 Å². The molecule has 0 saturated heterocycles. The number of rotatable bonds is 2. The van der Waals surface area contributed by atoms with Gasteiger partial charge in [0.05, 0.1) is 0 Å². The summed E-state index contributed by atoms with van der Waals surface area (Å²) in [6.45, 7) is 1.46. The predicted molar refractivity (Wildman–Crippen MR) is 80.4 cm³/mol. The van der Waals surface area contributed by atoms with Gasteiger partial charge in [0.15, 0.2) is 0 Å². The zero-order chi connectivity index (χ0) is 14.4. The van der Waals surface area contributed by atoms with Gasteiger partial charge < -0.3 is 15.1 Å². The van der Waals surface area contributed by atoms with Gasteiger partial charge in [-0.1, -0.05) is 0 Å². The van der Waals surface area contributed by atoms with Crippen LogP contribution in [0.3, 0.4) is 0 Å². The van der Waals surface area contributed by atoms with Crippen LogP contribution in [0.5, 0.6) is 0 Å². The molecule has 1 aliphatic heterocycles. The fraction of sp³-hybridized carbons (Fsp3) is 0.353. The number of furan rings is 1. The molecule has 1 aromatic heterocycles. The van der Waals surface area contributed by atoms with Crippen LogP contribution in [0.15, 0.2) is 34.7 Å². The molecule has 0 radical (unpaired) electrons. The molecule has 1 aliphatic carbocycles. The highest BCUT2D eigenvalue weighted by molar-refractivity contribution is 5.81. The van der Waals surface area contributed by atoms with Crippen LogP contribution in [0.2, 0.25) is 0 Å². The predicted octanol–water partition coefficient (Wildman–Crippen LogP) is 2.82. The molecule has 21 heavy (non-hydrogen) atoms. The first-order chi connectivity index (χ1) is 10.2. The minimum Gasteiger partial charge on any atom is -0.461 e. The molecular formula is C17H18N2O2. The number of hydrogen-bond donors (Lipinski definition) is 1. The SMILES string of the molecule is Nc1ccc(-c2cc3c(o2)CCN(C(=O)C2CC2)C3)cc1. The minimum absolute atomic E-state index is 0.287. The first-order valence-corrected chi connectivity index (χ1v) is 7.47. The van der Waals surface area contributed by atoms with Gasteiger partial charge in [0, 0.05) is 42.2 Å². The molecule has 1 aromatic carbocycles. The molecule has 2 aromatic rings. The highest BCUT2D eigenvalue weighted by Gasteiger charge is 2.35. The Bertz CT molecular complexity index is 683. The van der Waals surface area contributed by atoms with Gasteiger partial charge in [0.1, 0.15) is 11.5 Å². The first-order valence-electron chi connectivity index (χ1n) is 7.47. The first kappa shape index (κ1) is 12.5. The molecule has 4 rings (SSSR count). The van der Waals surface area contributed by atoms with Crippen molar-refractivity contribution in [1.82, 2.24) is 4.90 Å². The van der Waals surface area contributed by atoms with Crippen molar-refractivity contribution >= 4 is 11.6 Å². The van der Waals surface area contributed by atoms with E-state index in [-0.39, 0.29) is 5.92 Å². The topological polar surface area (TPSA) is 59.5 Å². The van der Waals surface area contributed by atoms with Crippen molar-refractivity contribution in [3.8, 4) is 11.3 Å². The van der Waals surface area contributed by atoms with Crippen LogP contribution in [0.4, 0.5) is 5.69 Å². The molecule has 1 saturated carbocycles. The highest BCUT2D eigenvalue weighted by atomic mass is 16.3. The summed E-state index contributed by atoms with van der Waals surface area (Å²) in [5, 5.41) is 0. The van der Waals surface area contributed by atoms with Gasteiger partial charge in [0.2, 0.25) is 5.91 Å². The Morgan fingerprint density at radius 3 is 2.71 bits per heavy atom. The van der Waals surface area contributed by atoms with E-state index in [1.54, 1.807) is 0 Å². The van der Waals surface area contributed by atoms with Crippen LogP contribution in [-0.2, 0) is 17.8 Å². The van der Waals surface area contributed by atoms with Crippen molar-refractivity contribution in [2.24, 2.45) is 5.92 Å². The summed E-state index contributed by atoms with van der Waals surface area (Å²) in [6, 6.07) is 9.74. The second-order valence-corrected chi connectivity index (χ2v) is 5.97. The van der Waals surface area contributed by atoms with Gasteiger partial charge in [-0.05, 0) is 43.2 Å². The molecular weight excluding hydrogens is 264 g/mol. The molecule has 0 unspecified atom stereocenters. The molecule has 2 N–H and O–H groups in total. The fourth-order valence-corrected chi connectivity index (χ4v) is 2.90. The number of amides is 1. The fourth-order valence-electron chi connectivity index (χ4n) is 2.90. The Morgan fingerprint density at radius 2 is 2.00 bits per heavy atom. The van der Waals surface area contributed by atoms with Crippen LogP contribution in [0, 0.1) is 5.92 Å². The van der Waals surface area contributed by atoms with Crippen LogP contribution >= 0.6 is 0 Å². The monoisotopic (exact) mass is 282 g/mol. The van der Waals surface area contributed by atoms with Crippen LogP contribution in [0.25, 0.3) is 11.3 Å².